The molecule has 0 heterocycles. The molecule has 1 aromatic rings. The van der Waals surface area contributed by atoms with Crippen LogP contribution in [-0.4, -0.2) is 24.4 Å². The van der Waals surface area contributed by atoms with Crippen LogP contribution in [0.15, 0.2) is 24.3 Å². The zero-order valence-corrected chi connectivity index (χ0v) is 11.3. The molecule has 1 fully saturated rings. The minimum atomic E-state index is -0.963. The molecule has 0 aliphatic heterocycles. The van der Waals surface area contributed by atoms with Gasteiger partial charge in [-0.05, 0) is 49.7 Å². The van der Waals surface area contributed by atoms with Crippen LogP contribution in [0.25, 0.3) is 0 Å². The Morgan fingerprint density at radius 3 is 2.55 bits per heavy atom. The zero-order valence-electron chi connectivity index (χ0n) is 11.3. The predicted octanol–water partition coefficient (Wildman–Crippen LogP) is 3.28. The largest absolute Gasteiger partial charge is 0.490 e. The average molecular weight is 281 g/mol. The van der Waals surface area contributed by atoms with E-state index in [1.807, 2.05) is 0 Å². The number of hydrogen-bond donors (Lipinski definition) is 2. The number of ether oxygens (including phenoxy) is 1. The maximum atomic E-state index is 13.4. The van der Waals surface area contributed by atoms with Crippen LogP contribution in [0.4, 0.5) is 9.18 Å². The minimum absolute atomic E-state index is 0.308. The van der Waals surface area contributed by atoms with Crippen LogP contribution in [0.1, 0.15) is 25.7 Å². The second-order valence-electron chi connectivity index (χ2n) is 5.31. The first-order valence-electron chi connectivity index (χ1n) is 6.99. The Hall–Kier alpha value is -1.78. The highest BCUT2D eigenvalue weighted by Gasteiger charge is 2.22. The van der Waals surface area contributed by atoms with Crippen LogP contribution < -0.4 is 10.1 Å². The lowest BCUT2D eigenvalue weighted by atomic mass is 9.82. The van der Waals surface area contributed by atoms with Gasteiger partial charge in [-0.25, -0.2) is 9.18 Å². The molecule has 1 aliphatic rings. The smallest absolute Gasteiger partial charge is 0.404 e. The topological polar surface area (TPSA) is 58.6 Å². The maximum absolute atomic E-state index is 13.4. The molecule has 0 aromatic heterocycles. The molecule has 0 spiro atoms. The molecule has 1 amide bonds. The van der Waals surface area contributed by atoms with Gasteiger partial charge in [0.15, 0.2) is 11.6 Å². The monoisotopic (exact) mass is 281 g/mol. The zero-order chi connectivity index (χ0) is 14.4. The first-order valence-corrected chi connectivity index (χ1v) is 6.99. The van der Waals surface area contributed by atoms with E-state index in [4.69, 9.17) is 9.84 Å². The molecule has 0 atom stereocenters. The number of amides is 1. The van der Waals surface area contributed by atoms with Crippen LogP contribution in [0, 0.1) is 17.7 Å². The van der Waals surface area contributed by atoms with Gasteiger partial charge in [0.05, 0.1) is 6.61 Å². The number of nitrogens with one attached hydrogen (secondary N) is 1. The molecule has 110 valence electrons. The average Bonchev–Trinajstić information content (AvgIpc) is 2.45. The van der Waals surface area contributed by atoms with Gasteiger partial charge in [-0.15, -0.1) is 0 Å². The molecule has 0 unspecified atom stereocenters. The lowest BCUT2D eigenvalue weighted by Crippen LogP contribution is -2.31. The molecule has 1 aromatic carbocycles. The number of halogens is 1. The van der Waals surface area contributed by atoms with Crippen molar-refractivity contribution in [2.45, 2.75) is 25.7 Å². The van der Waals surface area contributed by atoms with E-state index in [1.165, 1.54) is 6.07 Å². The van der Waals surface area contributed by atoms with Gasteiger partial charge in [0.2, 0.25) is 0 Å². The second kappa shape index (κ2) is 7.12. The lowest BCUT2D eigenvalue weighted by molar-refractivity contribution is 0.169. The van der Waals surface area contributed by atoms with Gasteiger partial charge in [0.1, 0.15) is 0 Å². The Balaban J connectivity index is 1.69. The van der Waals surface area contributed by atoms with Gasteiger partial charge in [0.25, 0.3) is 0 Å². The number of carboxylic acid groups (broad SMARTS) is 1. The lowest BCUT2D eigenvalue weighted by Gasteiger charge is -2.28. The summed E-state index contributed by atoms with van der Waals surface area (Å²) in [5, 5.41) is 11.0. The van der Waals surface area contributed by atoms with Crippen LogP contribution in [0.2, 0.25) is 0 Å². The van der Waals surface area contributed by atoms with E-state index < -0.39 is 6.09 Å². The molecule has 5 heteroatoms. The number of carbonyl (C=O) groups is 1. The van der Waals surface area contributed by atoms with E-state index >= 15 is 0 Å². The van der Waals surface area contributed by atoms with Gasteiger partial charge in [-0.2, -0.15) is 0 Å². The van der Waals surface area contributed by atoms with Crippen molar-refractivity contribution in [3.63, 3.8) is 0 Å². The molecule has 1 saturated carbocycles. The van der Waals surface area contributed by atoms with Crippen LogP contribution in [0.5, 0.6) is 5.75 Å². The highest BCUT2D eigenvalue weighted by Crippen LogP contribution is 2.29. The van der Waals surface area contributed by atoms with Gasteiger partial charge in [-0.3, -0.25) is 0 Å². The maximum Gasteiger partial charge on any atom is 0.404 e. The third kappa shape index (κ3) is 4.40. The highest BCUT2D eigenvalue weighted by molar-refractivity contribution is 5.64. The summed E-state index contributed by atoms with van der Waals surface area (Å²) in [5.41, 5.74) is 0. The standard InChI is InChI=1S/C15H20FNO3/c16-13-3-1-2-4-14(13)20-10-12-7-5-11(6-8-12)9-17-15(18)19/h1-4,11-12,17H,5-10H2,(H,18,19). The number of hydrogen-bond acceptors (Lipinski definition) is 2. The fourth-order valence-corrected chi connectivity index (χ4v) is 2.60. The molecule has 2 N–H and O–H groups in total. The molecule has 1 aliphatic carbocycles. The Bertz CT molecular complexity index is 444. The summed E-state index contributed by atoms with van der Waals surface area (Å²) in [6.45, 7) is 1.05. The van der Waals surface area contributed by atoms with E-state index in [1.54, 1.807) is 18.2 Å². The summed E-state index contributed by atoms with van der Waals surface area (Å²) in [7, 11) is 0. The fraction of sp³-hybridized carbons (Fsp3) is 0.533. The van der Waals surface area contributed by atoms with E-state index in [9.17, 15) is 9.18 Å². The van der Waals surface area contributed by atoms with Gasteiger partial charge < -0.3 is 15.2 Å². The highest BCUT2D eigenvalue weighted by atomic mass is 19.1. The van der Waals surface area contributed by atoms with Crippen molar-refractivity contribution >= 4 is 6.09 Å². The van der Waals surface area contributed by atoms with Crippen molar-refractivity contribution in [3.05, 3.63) is 30.1 Å². The Kier molecular flexibility index (Phi) is 5.21. The number of benzene rings is 1. The van der Waals surface area contributed by atoms with Crippen molar-refractivity contribution in [2.75, 3.05) is 13.2 Å². The molecule has 0 radical (unpaired) electrons. The van der Waals surface area contributed by atoms with Crippen molar-refractivity contribution < 1.29 is 19.0 Å². The van der Waals surface area contributed by atoms with E-state index in [-0.39, 0.29) is 5.82 Å². The predicted molar refractivity (Wildman–Crippen MR) is 73.4 cm³/mol. The molecule has 4 nitrogen and oxygen atoms in total. The minimum Gasteiger partial charge on any atom is -0.490 e. The third-order valence-corrected chi connectivity index (χ3v) is 3.82. The Labute approximate surface area is 117 Å². The van der Waals surface area contributed by atoms with Gasteiger partial charge >= 0.3 is 6.09 Å². The summed E-state index contributed by atoms with van der Waals surface area (Å²) < 4.78 is 18.9. The van der Waals surface area contributed by atoms with Crippen LogP contribution >= 0.6 is 0 Å². The SMILES string of the molecule is O=C(O)NCC1CCC(COc2ccccc2F)CC1. The first-order chi connectivity index (χ1) is 9.65. The van der Waals surface area contributed by atoms with Crippen molar-refractivity contribution in [3.8, 4) is 5.75 Å². The molecular weight excluding hydrogens is 261 g/mol. The van der Waals surface area contributed by atoms with E-state index in [0.29, 0.717) is 30.7 Å². The number of para-hydroxylation sites is 1. The summed E-state index contributed by atoms with van der Waals surface area (Å²) in [6, 6.07) is 6.43. The summed E-state index contributed by atoms with van der Waals surface area (Å²) >= 11 is 0. The summed E-state index contributed by atoms with van der Waals surface area (Å²) in [5.74, 6) is 0.820. The third-order valence-electron chi connectivity index (χ3n) is 3.82. The molecule has 0 saturated heterocycles. The van der Waals surface area contributed by atoms with Crippen molar-refractivity contribution in [1.82, 2.24) is 5.32 Å². The van der Waals surface area contributed by atoms with Gasteiger partial charge in [0, 0.05) is 6.54 Å². The van der Waals surface area contributed by atoms with Crippen molar-refractivity contribution in [1.29, 1.82) is 0 Å². The quantitative estimate of drug-likeness (QED) is 0.870. The summed E-state index contributed by atoms with van der Waals surface area (Å²) in [6.07, 6.45) is 3.02. The normalized spacial score (nSPS) is 22.2. The second-order valence-corrected chi connectivity index (χ2v) is 5.31. The Morgan fingerprint density at radius 1 is 1.25 bits per heavy atom. The van der Waals surface area contributed by atoms with Crippen LogP contribution in [0.3, 0.4) is 0 Å². The van der Waals surface area contributed by atoms with Crippen molar-refractivity contribution in [2.24, 2.45) is 11.8 Å². The first kappa shape index (κ1) is 14.6. The van der Waals surface area contributed by atoms with Gasteiger partial charge in [-0.1, -0.05) is 12.1 Å². The van der Waals surface area contributed by atoms with E-state index in [2.05, 4.69) is 5.32 Å². The molecule has 2 rings (SSSR count). The molecular formula is C15H20FNO3. The molecule has 20 heavy (non-hydrogen) atoms. The Morgan fingerprint density at radius 2 is 1.90 bits per heavy atom. The summed E-state index contributed by atoms with van der Waals surface area (Å²) in [4.78, 5) is 10.4. The van der Waals surface area contributed by atoms with Crippen LogP contribution in [-0.2, 0) is 0 Å². The fourth-order valence-electron chi connectivity index (χ4n) is 2.60. The number of rotatable bonds is 5. The van der Waals surface area contributed by atoms with E-state index in [0.717, 1.165) is 25.7 Å². The molecule has 0 bridgehead atoms.